The minimum Gasteiger partial charge on any atom is -0.490 e. The number of amides is 1. The summed E-state index contributed by atoms with van der Waals surface area (Å²) in [6.45, 7) is 0. The van der Waals surface area contributed by atoms with Crippen LogP contribution in [0.3, 0.4) is 0 Å². The maximum atomic E-state index is 12.2. The van der Waals surface area contributed by atoms with E-state index in [0.717, 1.165) is 0 Å². The molecule has 0 unspecified atom stereocenters. The molecule has 0 heterocycles. The summed E-state index contributed by atoms with van der Waals surface area (Å²) in [7, 11) is 1.32. The highest BCUT2D eigenvalue weighted by Crippen LogP contribution is 2.28. The van der Waals surface area contributed by atoms with Crippen molar-refractivity contribution in [1.29, 1.82) is 0 Å². The molecule has 1 aromatic carbocycles. The van der Waals surface area contributed by atoms with Gasteiger partial charge < -0.3 is 15.2 Å². The topological polar surface area (TPSA) is 119 Å². The van der Waals surface area contributed by atoms with Crippen molar-refractivity contribution in [3.63, 3.8) is 0 Å². The normalized spacial score (nSPS) is 20.6. The monoisotopic (exact) mass is 322 g/mol. The van der Waals surface area contributed by atoms with E-state index in [2.05, 4.69) is 5.32 Å². The Morgan fingerprint density at radius 1 is 1.30 bits per heavy atom. The van der Waals surface area contributed by atoms with E-state index in [4.69, 9.17) is 9.84 Å². The van der Waals surface area contributed by atoms with Gasteiger partial charge in [0.15, 0.2) is 5.75 Å². The molecule has 1 aromatic rings. The molecule has 0 spiro atoms. The summed E-state index contributed by atoms with van der Waals surface area (Å²) < 4.78 is 4.90. The predicted octanol–water partition coefficient (Wildman–Crippen LogP) is 1.98. The Labute approximate surface area is 132 Å². The standard InChI is InChI=1S/C15H18N2O6/c1-23-13-7-4-10(8-12(13)17(21)22)14(18)16-11-5-2-9(3-6-11)15(19)20/h4,7-9,11H,2-3,5-6H2,1H3,(H,16,18)(H,19,20). The summed E-state index contributed by atoms with van der Waals surface area (Å²) in [4.78, 5) is 33.5. The molecule has 2 N–H and O–H groups in total. The number of aliphatic carboxylic acids is 1. The van der Waals surface area contributed by atoms with Gasteiger partial charge in [-0.1, -0.05) is 0 Å². The Kier molecular flexibility index (Phi) is 5.15. The van der Waals surface area contributed by atoms with Gasteiger partial charge in [0.1, 0.15) is 0 Å². The molecule has 0 atom stereocenters. The second kappa shape index (κ2) is 7.08. The number of benzene rings is 1. The summed E-state index contributed by atoms with van der Waals surface area (Å²) in [5.74, 6) is -1.48. The molecule has 0 aliphatic heterocycles. The van der Waals surface area contributed by atoms with Gasteiger partial charge in [-0.25, -0.2) is 0 Å². The van der Waals surface area contributed by atoms with E-state index in [0.29, 0.717) is 25.7 Å². The van der Waals surface area contributed by atoms with Crippen molar-refractivity contribution >= 4 is 17.6 Å². The van der Waals surface area contributed by atoms with Gasteiger partial charge in [0.25, 0.3) is 5.91 Å². The highest BCUT2D eigenvalue weighted by molar-refractivity contribution is 5.95. The molecule has 0 radical (unpaired) electrons. The van der Waals surface area contributed by atoms with Crippen molar-refractivity contribution in [2.24, 2.45) is 5.92 Å². The Hall–Kier alpha value is -2.64. The summed E-state index contributed by atoms with van der Waals surface area (Å²) in [6, 6.07) is 3.91. The van der Waals surface area contributed by atoms with Crippen LogP contribution >= 0.6 is 0 Å². The highest BCUT2D eigenvalue weighted by atomic mass is 16.6. The molecule has 1 aliphatic rings. The molecule has 8 nitrogen and oxygen atoms in total. The van der Waals surface area contributed by atoms with Crippen LogP contribution in [0.15, 0.2) is 18.2 Å². The first-order valence-corrected chi connectivity index (χ1v) is 7.28. The first-order chi connectivity index (χ1) is 10.9. The second-order valence-corrected chi connectivity index (χ2v) is 5.50. The van der Waals surface area contributed by atoms with Crippen LogP contribution in [0.1, 0.15) is 36.0 Å². The molecule has 0 saturated heterocycles. The average Bonchev–Trinajstić information content (AvgIpc) is 2.54. The van der Waals surface area contributed by atoms with Crippen molar-refractivity contribution in [3.8, 4) is 5.75 Å². The Morgan fingerprint density at radius 3 is 2.48 bits per heavy atom. The molecular formula is C15H18N2O6. The second-order valence-electron chi connectivity index (χ2n) is 5.50. The number of carbonyl (C=O) groups excluding carboxylic acids is 1. The fourth-order valence-electron chi connectivity index (χ4n) is 2.73. The van der Waals surface area contributed by atoms with Gasteiger partial charge in [-0.15, -0.1) is 0 Å². The molecular weight excluding hydrogens is 304 g/mol. The number of methoxy groups -OCH3 is 1. The highest BCUT2D eigenvalue weighted by Gasteiger charge is 2.27. The number of rotatable bonds is 5. The number of ether oxygens (including phenoxy) is 1. The molecule has 1 fully saturated rings. The van der Waals surface area contributed by atoms with Crippen molar-refractivity contribution in [2.75, 3.05) is 7.11 Å². The Morgan fingerprint density at radius 2 is 1.96 bits per heavy atom. The van der Waals surface area contributed by atoms with E-state index in [1.54, 1.807) is 0 Å². The van der Waals surface area contributed by atoms with E-state index in [9.17, 15) is 19.7 Å². The number of carboxylic acids is 1. The summed E-state index contributed by atoms with van der Waals surface area (Å²) in [5, 5.41) is 22.7. The Bertz CT molecular complexity index is 622. The molecule has 1 aliphatic carbocycles. The third kappa shape index (κ3) is 3.97. The molecule has 124 valence electrons. The van der Waals surface area contributed by atoms with Crippen LogP contribution in [-0.4, -0.2) is 35.1 Å². The molecule has 2 rings (SSSR count). The van der Waals surface area contributed by atoms with Crippen molar-refractivity contribution in [1.82, 2.24) is 5.32 Å². The molecule has 0 aromatic heterocycles. The van der Waals surface area contributed by atoms with Crippen molar-refractivity contribution < 1.29 is 24.4 Å². The van der Waals surface area contributed by atoms with Crippen LogP contribution < -0.4 is 10.1 Å². The number of nitro benzene ring substituents is 1. The molecule has 1 amide bonds. The fourth-order valence-corrected chi connectivity index (χ4v) is 2.73. The number of nitrogens with one attached hydrogen (secondary N) is 1. The zero-order chi connectivity index (χ0) is 17.0. The first-order valence-electron chi connectivity index (χ1n) is 7.28. The lowest BCUT2D eigenvalue weighted by molar-refractivity contribution is -0.385. The number of nitrogens with zero attached hydrogens (tertiary/aromatic N) is 1. The quantitative estimate of drug-likeness (QED) is 0.632. The van der Waals surface area contributed by atoms with E-state index in [1.165, 1.54) is 25.3 Å². The van der Waals surface area contributed by atoms with Gasteiger partial charge in [0.05, 0.1) is 18.0 Å². The number of hydrogen-bond donors (Lipinski definition) is 2. The van der Waals surface area contributed by atoms with Gasteiger partial charge in [0.2, 0.25) is 0 Å². The van der Waals surface area contributed by atoms with E-state index in [-0.39, 0.29) is 29.0 Å². The van der Waals surface area contributed by atoms with Crippen LogP contribution in [0.5, 0.6) is 5.75 Å². The minimum absolute atomic E-state index is 0.0912. The van der Waals surface area contributed by atoms with Crippen LogP contribution in [-0.2, 0) is 4.79 Å². The maximum Gasteiger partial charge on any atom is 0.311 e. The fraction of sp³-hybridized carbons (Fsp3) is 0.467. The Balaban J connectivity index is 2.03. The number of nitro groups is 1. The van der Waals surface area contributed by atoms with Crippen LogP contribution in [0, 0.1) is 16.0 Å². The number of carboxylic acid groups (broad SMARTS) is 1. The van der Waals surface area contributed by atoms with Gasteiger partial charge in [0, 0.05) is 17.7 Å². The SMILES string of the molecule is COc1ccc(C(=O)NC2CCC(C(=O)O)CC2)cc1[N+](=O)[O-]. The lowest BCUT2D eigenvalue weighted by Crippen LogP contribution is -2.38. The van der Waals surface area contributed by atoms with E-state index >= 15 is 0 Å². The average molecular weight is 322 g/mol. The summed E-state index contributed by atoms with van der Waals surface area (Å²) in [6.07, 6.45) is 2.20. The third-order valence-corrected chi connectivity index (χ3v) is 4.05. The number of carbonyl (C=O) groups is 2. The van der Waals surface area contributed by atoms with Crippen LogP contribution in [0.4, 0.5) is 5.69 Å². The first kappa shape index (κ1) is 16.7. The van der Waals surface area contributed by atoms with Crippen molar-refractivity contribution in [2.45, 2.75) is 31.7 Å². The van der Waals surface area contributed by atoms with Gasteiger partial charge in [-0.2, -0.15) is 0 Å². The third-order valence-electron chi connectivity index (χ3n) is 4.05. The van der Waals surface area contributed by atoms with E-state index < -0.39 is 16.8 Å². The smallest absolute Gasteiger partial charge is 0.311 e. The van der Waals surface area contributed by atoms with Gasteiger partial charge in [-0.3, -0.25) is 19.7 Å². The minimum atomic E-state index is -0.805. The lowest BCUT2D eigenvalue weighted by atomic mass is 9.86. The zero-order valence-corrected chi connectivity index (χ0v) is 12.7. The van der Waals surface area contributed by atoms with Gasteiger partial charge >= 0.3 is 11.7 Å². The number of hydrogen-bond acceptors (Lipinski definition) is 5. The summed E-state index contributed by atoms with van der Waals surface area (Å²) in [5.41, 5.74) is -0.0902. The largest absolute Gasteiger partial charge is 0.490 e. The molecule has 23 heavy (non-hydrogen) atoms. The van der Waals surface area contributed by atoms with Crippen LogP contribution in [0.2, 0.25) is 0 Å². The van der Waals surface area contributed by atoms with Gasteiger partial charge in [-0.05, 0) is 37.8 Å². The molecule has 1 saturated carbocycles. The summed E-state index contributed by atoms with van der Waals surface area (Å²) >= 11 is 0. The zero-order valence-electron chi connectivity index (χ0n) is 12.7. The van der Waals surface area contributed by atoms with Crippen LogP contribution in [0.25, 0.3) is 0 Å². The maximum absolute atomic E-state index is 12.2. The lowest BCUT2D eigenvalue weighted by Gasteiger charge is -2.26. The molecule has 8 heteroatoms. The van der Waals surface area contributed by atoms with Crippen molar-refractivity contribution in [3.05, 3.63) is 33.9 Å². The molecule has 0 bridgehead atoms. The predicted molar refractivity (Wildman–Crippen MR) is 80.5 cm³/mol. The van der Waals surface area contributed by atoms with E-state index in [1.807, 2.05) is 0 Å².